The van der Waals surface area contributed by atoms with E-state index >= 15 is 0 Å². The summed E-state index contributed by atoms with van der Waals surface area (Å²) in [4.78, 5) is 1.21. The first-order valence-corrected chi connectivity index (χ1v) is 8.50. The van der Waals surface area contributed by atoms with Crippen molar-refractivity contribution in [2.45, 2.75) is 16.3 Å². The van der Waals surface area contributed by atoms with Gasteiger partial charge in [0.05, 0.1) is 12.7 Å². The second-order valence-electron chi connectivity index (χ2n) is 3.54. The summed E-state index contributed by atoms with van der Waals surface area (Å²) in [6.45, 7) is 0.631. The number of aryl methyl sites for hydroxylation is 1. The molecule has 0 radical (unpaired) electrons. The zero-order valence-electron chi connectivity index (χ0n) is 9.36. The van der Waals surface area contributed by atoms with Crippen molar-refractivity contribution in [1.82, 2.24) is 9.78 Å². The van der Waals surface area contributed by atoms with E-state index in [0.717, 1.165) is 5.75 Å². The summed E-state index contributed by atoms with van der Waals surface area (Å²) in [5.41, 5.74) is 0. The van der Waals surface area contributed by atoms with E-state index in [4.69, 9.17) is 10.7 Å². The molecular formula is C11H11ClN2O2S2. The Labute approximate surface area is 114 Å². The van der Waals surface area contributed by atoms with E-state index in [0.29, 0.717) is 6.54 Å². The molecule has 0 saturated heterocycles. The minimum Gasteiger partial charge on any atom is -0.271 e. The molecule has 0 saturated carbocycles. The Hall–Kier alpha value is -0.980. The predicted octanol–water partition coefficient (Wildman–Crippen LogP) is 2.60. The Morgan fingerprint density at radius 1 is 1.28 bits per heavy atom. The molecule has 18 heavy (non-hydrogen) atoms. The average molecular weight is 303 g/mol. The van der Waals surface area contributed by atoms with Gasteiger partial charge in [-0.15, -0.1) is 11.8 Å². The van der Waals surface area contributed by atoms with E-state index in [1.165, 1.54) is 17.3 Å². The average Bonchev–Trinajstić information content (AvgIpc) is 2.79. The summed E-state index contributed by atoms with van der Waals surface area (Å²) >= 11 is 1.69. The van der Waals surface area contributed by atoms with Gasteiger partial charge in [0.15, 0.2) is 0 Å². The molecule has 2 aromatic rings. The lowest BCUT2D eigenvalue weighted by molar-refractivity contribution is 0.609. The third-order valence-electron chi connectivity index (χ3n) is 2.22. The second-order valence-corrected chi connectivity index (χ2v) is 7.27. The van der Waals surface area contributed by atoms with Crippen LogP contribution in [0, 0.1) is 0 Å². The lowest BCUT2D eigenvalue weighted by Crippen LogP contribution is -2.00. The number of benzene rings is 1. The Bertz CT molecular complexity index is 611. The Morgan fingerprint density at radius 3 is 2.61 bits per heavy atom. The lowest BCUT2D eigenvalue weighted by Gasteiger charge is -2.01. The number of nitrogens with zero attached hydrogens (tertiary/aromatic N) is 2. The Kier molecular flexibility index (Phi) is 4.31. The van der Waals surface area contributed by atoms with Crippen molar-refractivity contribution in [2.24, 2.45) is 0 Å². The fourth-order valence-corrected chi connectivity index (χ4v) is 2.89. The molecule has 0 atom stereocenters. The third-order valence-corrected chi connectivity index (χ3v) is 4.52. The molecule has 0 unspecified atom stereocenters. The molecule has 1 aromatic carbocycles. The minimum atomic E-state index is -3.68. The van der Waals surface area contributed by atoms with E-state index < -0.39 is 9.05 Å². The fraction of sp³-hybridized carbons (Fsp3) is 0.182. The Morgan fingerprint density at radius 2 is 2.00 bits per heavy atom. The predicted molar refractivity (Wildman–Crippen MR) is 72.4 cm³/mol. The summed E-state index contributed by atoms with van der Waals surface area (Å²) in [5, 5.41) is 3.95. The van der Waals surface area contributed by atoms with Gasteiger partial charge in [-0.3, -0.25) is 4.68 Å². The van der Waals surface area contributed by atoms with Gasteiger partial charge < -0.3 is 0 Å². The van der Waals surface area contributed by atoms with Crippen LogP contribution in [0.2, 0.25) is 0 Å². The number of thioether (sulfide) groups is 1. The van der Waals surface area contributed by atoms with E-state index in [1.807, 2.05) is 30.3 Å². The summed E-state index contributed by atoms with van der Waals surface area (Å²) in [6.07, 6.45) is 2.70. The zero-order chi connectivity index (χ0) is 13.0. The van der Waals surface area contributed by atoms with Gasteiger partial charge >= 0.3 is 0 Å². The van der Waals surface area contributed by atoms with Crippen LogP contribution in [-0.4, -0.2) is 24.0 Å². The van der Waals surface area contributed by atoms with Gasteiger partial charge in [-0.1, -0.05) is 18.2 Å². The van der Waals surface area contributed by atoms with Gasteiger partial charge in [0.25, 0.3) is 9.05 Å². The number of rotatable bonds is 5. The van der Waals surface area contributed by atoms with Gasteiger partial charge in [0.2, 0.25) is 0 Å². The van der Waals surface area contributed by atoms with E-state index in [2.05, 4.69) is 5.10 Å². The van der Waals surface area contributed by atoms with Crippen molar-refractivity contribution in [3.8, 4) is 0 Å². The molecule has 96 valence electrons. The fourth-order valence-electron chi connectivity index (χ4n) is 1.37. The normalized spacial score (nSPS) is 11.6. The third kappa shape index (κ3) is 3.76. The topological polar surface area (TPSA) is 52.0 Å². The monoisotopic (exact) mass is 302 g/mol. The van der Waals surface area contributed by atoms with Crippen LogP contribution >= 0.6 is 22.4 Å². The first-order valence-electron chi connectivity index (χ1n) is 5.21. The van der Waals surface area contributed by atoms with Crippen molar-refractivity contribution in [1.29, 1.82) is 0 Å². The maximum Gasteiger partial charge on any atom is 0.264 e. The highest BCUT2D eigenvalue weighted by Crippen LogP contribution is 2.18. The van der Waals surface area contributed by atoms with Crippen molar-refractivity contribution >= 4 is 31.5 Å². The molecule has 7 heteroatoms. The van der Waals surface area contributed by atoms with Crippen LogP contribution < -0.4 is 0 Å². The Balaban J connectivity index is 1.90. The zero-order valence-corrected chi connectivity index (χ0v) is 11.7. The highest BCUT2D eigenvalue weighted by molar-refractivity contribution is 8.13. The van der Waals surface area contributed by atoms with Crippen molar-refractivity contribution in [3.05, 3.63) is 42.7 Å². The number of halogens is 1. The minimum absolute atomic E-state index is 0.0360. The smallest absolute Gasteiger partial charge is 0.264 e. The molecule has 0 bridgehead atoms. The molecular weight excluding hydrogens is 292 g/mol. The summed E-state index contributed by atoms with van der Waals surface area (Å²) in [5.74, 6) is 0.813. The first kappa shape index (κ1) is 13.5. The molecule has 0 aliphatic carbocycles. The summed E-state index contributed by atoms with van der Waals surface area (Å²) < 4.78 is 23.7. The number of aromatic nitrogens is 2. The van der Waals surface area contributed by atoms with Crippen LogP contribution in [0.25, 0.3) is 0 Å². The quantitative estimate of drug-likeness (QED) is 0.629. The maximum atomic E-state index is 11.0. The van der Waals surface area contributed by atoms with Crippen LogP contribution in [0.5, 0.6) is 0 Å². The van der Waals surface area contributed by atoms with Crippen LogP contribution in [-0.2, 0) is 15.6 Å². The molecule has 0 fully saturated rings. The molecule has 2 rings (SSSR count). The molecule has 0 amide bonds. The number of hydrogen-bond acceptors (Lipinski definition) is 4. The van der Waals surface area contributed by atoms with E-state index in [1.54, 1.807) is 16.4 Å². The van der Waals surface area contributed by atoms with Crippen molar-refractivity contribution in [2.75, 3.05) is 5.75 Å². The summed E-state index contributed by atoms with van der Waals surface area (Å²) in [6, 6.07) is 9.99. The lowest BCUT2D eigenvalue weighted by atomic mass is 10.4. The highest BCUT2D eigenvalue weighted by Gasteiger charge is 2.12. The van der Waals surface area contributed by atoms with Gasteiger partial charge in [0, 0.05) is 27.5 Å². The van der Waals surface area contributed by atoms with Gasteiger partial charge in [0.1, 0.15) is 4.90 Å². The van der Waals surface area contributed by atoms with Crippen molar-refractivity contribution in [3.63, 3.8) is 0 Å². The molecule has 4 nitrogen and oxygen atoms in total. The van der Waals surface area contributed by atoms with Crippen LogP contribution in [0.1, 0.15) is 0 Å². The largest absolute Gasteiger partial charge is 0.271 e. The number of hydrogen-bond donors (Lipinski definition) is 0. The molecule has 0 spiro atoms. The SMILES string of the molecule is O=S(=O)(Cl)c1cnn(CCSc2ccccc2)c1. The van der Waals surface area contributed by atoms with E-state index in [-0.39, 0.29) is 4.90 Å². The van der Waals surface area contributed by atoms with E-state index in [9.17, 15) is 8.42 Å². The molecule has 0 aliphatic rings. The second kappa shape index (κ2) is 5.77. The molecule has 1 aromatic heterocycles. The molecule has 0 aliphatic heterocycles. The molecule has 1 heterocycles. The maximum absolute atomic E-state index is 11.0. The molecule has 0 N–H and O–H groups in total. The first-order chi connectivity index (χ1) is 8.55. The van der Waals surface area contributed by atoms with Gasteiger partial charge in [-0.25, -0.2) is 8.42 Å². The van der Waals surface area contributed by atoms with Crippen molar-refractivity contribution < 1.29 is 8.42 Å². The highest BCUT2D eigenvalue weighted by atomic mass is 35.7. The van der Waals surface area contributed by atoms with Crippen LogP contribution in [0.4, 0.5) is 0 Å². The van der Waals surface area contributed by atoms with Gasteiger partial charge in [-0.2, -0.15) is 5.10 Å². The van der Waals surface area contributed by atoms with Crippen LogP contribution in [0.15, 0.2) is 52.5 Å². The van der Waals surface area contributed by atoms with Crippen LogP contribution in [0.3, 0.4) is 0 Å². The summed E-state index contributed by atoms with van der Waals surface area (Å²) in [7, 11) is 1.54. The standard InChI is InChI=1S/C11H11ClN2O2S2/c12-18(15,16)11-8-13-14(9-11)6-7-17-10-4-2-1-3-5-10/h1-5,8-9H,6-7H2. The van der Waals surface area contributed by atoms with Gasteiger partial charge in [-0.05, 0) is 12.1 Å².